The van der Waals surface area contributed by atoms with Gasteiger partial charge in [-0.25, -0.2) is 8.42 Å². The van der Waals surface area contributed by atoms with Crippen LogP contribution in [0.25, 0.3) is 0 Å². The fraction of sp³-hybridized carbons (Fsp3) is 0.562. The van der Waals surface area contributed by atoms with E-state index in [0.29, 0.717) is 19.5 Å². The first-order valence-electron chi connectivity index (χ1n) is 7.66. The van der Waals surface area contributed by atoms with Gasteiger partial charge in [0.05, 0.1) is 18.1 Å². The van der Waals surface area contributed by atoms with E-state index in [1.165, 1.54) is 5.56 Å². The van der Waals surface area contributed by atoms with Crippen LogP contribution in [0.1, 0.15) is 24.5 Å². The minimum absolute atomic E-state index is 0.0277. The van der Waals surface area contributed by atoms with Gasteiger partial charge < -0.3 is 5.32 Å². The summed E-state index contributed by atoms with van der Waals surface area (Å²) >= 11 is 0. The molecule has 0 aliphatic carbocycles. The van der Waals surface area contributed by atoms with Gasteiger partial charge >= 0.3 is 0 Å². The Balaban J connectivity index is 1.83. The van der Waals surface area contributed by atoms with Crippen LogP contribution in [-0.4, -0.2) is 49.9 Å². The predicted octanol–water partition coefficient (Wildman–Crippen LogP) is 1.12. The van der Waals surface area contributed by atoms with Gasteiger partial charge in [-0.05, 0) is 25.5 Å². The standard InChI is InChI=1S/C16H24N2O3S/c1-3-18(15-8-9-22(20,21)12-15)11-16(19)17-10-14-6-4-13(2)5-7-14/h4-7,15H,3,8-12H2,1-2H3,(H,17,19). The lowest BCUT2D eigenvalue weighted by atomic mass is 10.1. The summed E-state index contributed by atoms with van der Waals surface area (Å²) in [6.45, 7) is 5.41. The molecule has 5 nitrogen and oxygen atoms in total. The molecule has 1 aliphatic rings. The number of nitrogens with one attached hydrogen (secondary N) is 1. The van der Waals surface area contributed by atoms with Crippen molar-refractivity contribution < 1.29 is 13.2 Å². The maximum atomic E-state index is 12.1. The van der Waals surface area contributed by atoms with Crippen molar-refractivity contribution in [3.63, 3.8) is 0 Å². The molecule has 1 aromatic carbocycles. The minimum atomic E-state index is -2.92. The molecule has 0 spiro atoms. The van der Waals surface area contributed by atoms with Gasteiger partial charge in [-0.3, -0.25) is 9.69 Å². The van der Waals surface area contributed by atoms with Crippen LogP contribution in [0.2, 0.25) is 0 Å². The summed E-state index contributed by atoms with van der Waals surface area (Å²) in [6.07, 6.45) is 0.626. The molecule has 22 heavy (non-hydrogen) atoms. The highest BCUT2D eigenvalue weighted by Crippen LogP contribution is 2.17. The molecule has 1 N–H and O–H groups in total. The maximum absolute atomic E-state index is 12.1. The molecule has 1 atom stereocenters. The number of benzene rings is 1. The van der Waals surface area contributed by atoms with Gasteiger partial charge in [-0.15, -0.1) is 0 Å². The van der Waals surface area contributed by atoms with Gasteiger partial charge in [0.15, 0.2) is 9.84 Å². The van der Waals surface area contributed by atoms with Crippen molar-refractivity contribution in [2.24, 2.45) is 0 Å². The van der Waals surface area contributed by atoms with Crippen LogP contribution in [0.5, 0.6) is 0 Å². The third-order valence-corrected chi connectivity index (χ3v) is 5.84. The number of aryl methyl sites for hydroxylation is 1. The van der Waals surface area contributed by atoms with Crippen molar-refractivity contribution in [2.45, 2.75) is 32.9 Å². The Morgan fingerprint density at radius 3 is 2.55 bits per heavy atom. The number of nitrogens with zero attached hydrogens (tertiary/aromatic N) is 1. The Kier molecular flexibility index (Phi) is 5.58. The first-order chi connectivity index (χ1) is 10.4. The molecule has 0 saturated carbocycles. The Morgan fingerprint density at radius 1 is 1.32 bits per heavy atom. The molecule has 1 aromatic rings. The summed E-state index contributed by atoms with van der Waals surface area (Å²) in [5, 5.41) is 2.90. The van der Waals surface area contributed by atoms with Gasteiger partial charge in [-0.1, -0.05) is 36.8 Å². The van der Waals surface area contributed by atoms with E-state index >= 15 is 0 Å². The Morgan fingerprint density at radius 2 is 2.00 bits per heavy atom. The van der Waals surface area contributed by atoms with Crippen LogP contribution < -0.4 is 5.32 Å². The van der Waals surface area contributed by atoms with E-state index in [-0.39, 0.29) is 30.0 Å². The van der Waals surface area contributed by atoms with Gasteiger partial charge in [0.1, 0.15) is 0 Å². The second kappa shape index (κ2) is 7.24. The number of rotatable bonds is 6. The molecule has 1 fully saturated rings. The highest BCUT2D eigenvalue weighted by Gasteiger charge is 2.32. The fourth-order valence-corrected chi connectivity index (χ4v) is 4.47. The van der Waals surface area contributed by atoms with Crippen LogP contribution >= 0.6 is 0 Å². The van der Waals surface area contributed by atoms with Crippen LogP contribution in [0, 0.1) is 6.92 Å². The molecule has 0 radical (unpaired) electrons. The van der Waals surface area contributed by atoms with Crippen LogP contribution in [0.3, 0.4) is 0 Å². The molecular weight excluding hydrogens is 300 g/mol. The van der Waals surface area contributed by atoms with E-state index in [9.17, 15) is 13.2 Å². The van der Waals surface area contributed by atoms with Gasteiger partial charge in [-0.2, -0.15) is 0 Å². The Hall–Kier alpha value is -1.40. The van der Waals surface area contributed by atoms with Crippen molar-refractivity contribution in [3.8, 4) is 0 Å². The summed E-state index contributed by atoms with van der Waals surface area (Å²) in [4.78, 5) is 14.0. The van der Waals surface area contributed by atoms with Crippen molar-refractivity contribution >= 4 is 15.7 Å². The lowest BCUT2D eigenvalue weighted by Gasteiger charge is -2.25. The topological polar surface area (TPSA) is 66.5 Å². The summed E-state index contributed by atoms with van der Waals surface area (Å²) in [5.41, 5.74) is 2.25. The first kappa shape index (κ1) is 17.0. The highest BCUT2D eigenvalue weighted by molar-refractivity contribution is 7.91. The number of amides is 1. The molecule has 1 saturated heterocycles. The second-order valence-corrected chi connectivity index (χ2v) is 8.11. The van der Waals surface area contributed by atoms with E-state index in [0.717, 1.165) is 5.56 Å². The minimum Gasteiger partial charge on any atom is -0.351 e. The van der Waals surface area contributed by atoms with E-state index in [1.54, 1.807) is 0 Å². The molecule has 1 aliphatic heterocycles. The van der Waals surface area contributed by atoms with Crippen molar-refractivity contribution in [1.29, 1.82) is 0 Å². The summed E-state index contributed by atoms with van der Waals surface area (Å²) in [6, 6.07) is 8.00. The average Bonchev–Trinajstić information content (AvgIpc) is 2.84. The van der Waals surface area contributed by atoms with E-state index < -0.39 is 9.84 Å². The molecule has 0 bridgehead atoms. The molecule has 6 heteroatoms. The quantitative estimate of drug-likeness (QED) is 0.851. The van der Waals surface area contributed by atoms with Gasteiger partial charge in [0.25, 0.3) is 0 Å². The number of hydrogen-bond donors (Lipinski definition) is 1. The molecule has 2 rings (SSSR count). The third-order valence-electron chi connectivity index (χ3n) is 4.09. The third kappa shape index (κ3) is 4.81. The monoisotopic (exact) mass is 324 g/mol. The highest BCUT2D eigenvalue weighted by atomic mass is 32.2. The van der Waals surface area contributed by atoms with Crippen LogP contribution in [0.15, 0.2) is 24.3 Å². The lowest BCUT2D eigenvalue weighted by Crippen LogP contribution is -2.43. The second-order valence-electron chi connectivity index (χ2n) is 5.88. The SMILES string of the molecule is CCN(CC(=O)NCc1ccc(C)cc1)C1CCS(=O)(=O)C1. The predicted molar refractivity (Wildman–Crippen MR) is 87.3 cm³/mol. The van der Waals surface area contributed by atoms with Gasteiger partial charge in [0, 0.05) is 12.6 Å². The number of likely N-dealkylation sites (N-methyl/N-ethyl adjacent to an activating group) is 1. The number of hydrogen-bond acceptors (Lipinski definition) is 4. The van der Waals surface area contributed by atoms with Crippen LogP contribution in [-0.2, 0) is 21.2 Å². The van der Waals surface area contributed by atoms with Gasteiger partial charge in [0.2, 0.25) is 5.91 Å². The zero-order chi connectivity index (χ0) is 16.2. The summed E-state index contributed by atoms with van der Waals surface area (Å²) in [7, 11) is -2.92. The molecule has 1 amide bonds. The summed E-state index contributed by atoms with van der Waals surface area (Å²) in [5.74, 6) is 0.345. The maximum Gasteiger partial charge on any atom is 0.234 e. The Labute approximate surface area is 132 Å². The zero-order valence-electron chi connectivity index (χ0n) is 13.2. The summed E-state index contributed by atoms with van der Waals surface area (Å²) < 4.78 is 23.1. The van der Waals surface area contributed by atoms with Crippen molar-refractivity contribution in [2.75, 3.05) is 24.6 Å². The number of sulfone groups is 1. The van der Waals surface area contributed by atoms with E-state index in [2.05, 4.69) is 5.32 Å². The largest absolute Gasteiger partial charge is 0.351 e. The molecule has 1 heterocycles. The first-order valence-corrected chi connectivity index (χ1v) is 9.48. The van der Waals surface area contributed by atoms with Crippen molar-refractivity contribution in [3.05, 3.63) is 35.4 Å². The van der Waals surface area contributed by atoms with Crippen molar-refractivity contribution in [1.82, 2.24) is 10.2 Å². The number of carbonyl (C=O) groups is 1. The Bertz CT molecular complexity index is 611. The molecule has 122 valence electrons. The normalized spacial score (nSPS) is 20.2. The lowest BCUT2D eigenvalue weighted by molar-refractivity contribution is -0.122. The van der Waals surface area contributed by atoms with E-state index in [1.807, 2.05) is 43.0 Å². The number of carbonyl (C=O) groups excluding carboxylic acids is 1. The van der Waals surface area contributed by atoms with E-state index in [4.69, 9.17) is 0 Å². The zero-order valence-corrected chi connectivity index (χ0v) is 14.0. The molecule has 0 aromatic heterocycles. The molecule has 1 unspecified atom stereocenters. The fourth-order valence-electron chi connectivity index (χ4n) is 2.71. The average molecular weight is 324 g/mol. The van der Waals surface area contributed by atoms with Crippen LogP contribution in [0.4, 0.5) is 0 Å². The smallest absolute Gasteiger partial charge is 0.234 e. The molecular formula is C16H24N2O3S.